The number of hydrogen-bond acceptors (Lipinski definition) is 3. The lowest BCUT2D eigenvalue weighted by Gasteiger charge is -2.11. The van der Waals surface area contributed by atoms with Crippen molar-refractivity contribution in [2.45, 2.75) is 39.4 Å². The van der Waals surface area contributed by atoms with Crippen LogP contribution in [0.2, 0.25) is 0 Å². The highest BCUT2D eigenvalue weighted by Crippen LogP contribution is 2.22. The van der Waals surface area contributed by atoms with Crippen molar-refractivity contribution in [3.05, 3.63) is 17.5 Å². The maximum atomic E-state index is 12.4. The summed E-state index contributed by atoms with van der Waals surface area (Å²) in [5.41, 5.74) is 0.264. The molecular formula is C11H15F3N2O2. The van der Waals surface area contributed by atoms with E-state index in [0.717, 1.165) is 4.68 Å². The van der Waals surface area contributed by atoms with Crippen LogP contribution in [-0.2, 0) is 11.3 Å². The Labute approximate surface area is 103 Å². The van der Waals surface area contributed by atoms with Crippen molar-refractivity contribution in [2.24, 2.45) is 0 Å². The van der Waals surface area contributed by atoms with Crippen LogP contribution < -0.4 is 0 Å². The number of aromatic nitrogens is 2. The molecule has 0 N–H and O–H groups in total. The van der Waals surface area contributed by atoms with Crippen molar-refractivity contribution in [2.75, 3.05) is 6.61 Å². The van der Waals surface area contributed by atoms with Gasteiger partial charge in [0.2, 0.25) is 0 Å². The summed E-state index contributed by atoms with van der Waals surface area (Å²) in [6.45, 7) is 4.04. The lowest BCUT2D eigenvalue weighted by molar-refractivity contribution is -0.143. The van der Waals surface area contributed by atoms with Crippen molar-refractivity contribution in [1.29, 1.82) is 0 Å². The molecule has 0 fully saturated rings. The van der Waals surface area contributed by atoms with Gasteiger partial charge in [-0.25, -0.2) is 4.79 Å². The highest BCUT2D eigenvalue weighted by Gasteiger charge is 2.31. The van der Waals surface area contributed by atoms with Crippen LogP contribution in [0.15, 0.2) is 6.07 Å². The fourth-order valence-electron chi connectivity index (χ4n) is 1.50. The number of carbonyl (C=O) groups excluding carboxylic acids is 1. The van der Waals surface area contributed by atoms with Gasteiger partial charge >= 0.3 is 12.1 Å². The van der Waals surface area contributed by atoms with Gasteiger partial charge in [-0.15, -0.1) is 0 Å². The number of nitrogens with zero attached hydrogens (tertiary/aromatic N) is 2. The van der Waals surface area contributed by atoms with E-state index in [1.165, 1.54) is 6.07 Å². The summed E-state index contributed by atoms with van der Waals surface area (Å²) in [6.07, 6.45) is -4.37. The highest BCUT2D eigenvalue weighted by atomic mass is 19.4. The number of rotatable bonds is 4. The van der Waals surface area contributed by atoms with Crippen molar-refractivity contribution < 1.29 is 22.7 Å². The minimum atomic E-state index is -4.37. The molecule has 1 rings (SSSR count). The van der Waals surface area contributed by atoms with Gasteiger partial charge in [-0.2, -0.15) is 18.3 Å². The molecule has 102 valence electrons. The first-order valence-electron chi connectivity index (χ1n) is 5.56. The Bertz CT molecular complexity index is 424. The highest BCUT2D eigenvalue weighted by molar-refractivity contribution is 5.87. The summed E-state index contributed by atoms with van der Waals surface area (Å²) in [7, 11) is 0. The molecular weight excluding hydrogens is 249 g/mol. The first-order chi connectivity index (χ1) is 8.24. The molecule has 0 aromatic carbocycles. The summed E-state index contributed by atoms with van der Waals surface area (Å²) in [5, 5.41) is 3.66. The van der Waals surface area contributed by atoms with E-state index in [1.807, 2.05) is 0 Å². The fourth-order valence-corrected chi connectivity index (χ4v) is 1.50. The number of hydrogen-bond donors (Lipinski definition) is 0. The number of esters is 1. The molecule has 0 amide bonds. The minimum Gasteiger partial charge on any atom is -0.461 e. The van der Waals surface area contributed by atoms with Crippen molar-refractivity contribution in [1.82, 2.24) is 9.78 Å². The molecule has 0 saturated carbocycles. The Kier molecular flexibility index (Phi) is 4.37. The second kappa shape index (κ2) is 5.41. The second-order valence-electron chi connectivity index (χ2n) is 4.10. The predicted molar refractivity (Wildman–Crippen MR) is 58.3 cm³/mol. The second-order valence-corrected chi connectivity index (χ2v) is 4.10. The van der Waals surface area contributed by atoms with E-state index in [1.54, 1.807) is 20.8 Å². The van der Waals surface area contributed by atoms with Gasteiger partial charge < -0.3 is 4.74 Å². The summed E-state index contributed by atoms with van der Waals surface area (Å²) in [4.78, 5) is 11.4. The van der Waals surface area contributed by atoms with Gasteiger partial charge in [0.05, 0.1) is 6.61 Å². The maximum Gasteiger partial charge on any atom is 0.408 e. The molecule has 0 bridgehead atoms. The van der Waals surface area contributed by atoms with Crippen molar-refractivity contribution >= 4 is 5.97 Å². The van der Waals surface area contributed by atoms with Crippen LogP contribution in [0.25, 0.3) is 0 Å². The van der Waals surface area contributed by atoms with Crippen LogP contribution in [0, 0.1) is 0 Å². The molecule has 0 aliphatic rings. The summed E-state index contributed by atoms with van der Waals surface area (Å²) in [5.74, 6) is -0.872. The van der Waals surface area contributed by atoms with Crippen LogP contribution in [0.5, 0.6) is 0 Å². The van der Waals surface area contributed by atoms with E-state index in [4.69, 9.17) is 4.74 Å². The van der Waals surface area contributed by atoms with Crippen molar-refractivity contribution in [3.63, 3.8) is 0 Å². The third-order valence-corrected chi connectivity index (χ3v) is 2.22. The maximum absolute atomic E-state index is 12.4. The first kappa shape index (κ1) is 14.5. The molecule has 0 saturated heterocycles. The number of ether oxygens (including phenoxy) is 1. The van der Waals surface area contributed by atoms with E-state index >= 15 is 0 Å². The smallest absolute Gasteiger partial charge is 0.408 e. The van der Waals surface area contributed by atoms with Gasteiger partial charge in [-0.05, 0) is 18.9 Å². The van der Waals surface area contributed by atoms with E-state index < -0.39 is 18.7 Å². The molecule has 0 unspecified atom stereocenters. The quantitative estimate of drug-likeness (QED) is 0.785. The summed E-state index contributed by atoms with van der Waals surface area (Å²) < 4.78 is 42.6. The summed E-state index contributed by atoms with van der Waals surface area (Å²) in [6, 6.07) is 1.34. The van der Waals surface area contributed by atoms with Gasteiger partial charge in [0.1, 0.15) is 6.54 Å². The molecule has 1 aromatic rings. The summed E-state index contributed by atoms with van der Waals surface area (Å²) >= 11 is 0. The van der Waals surface area contributed by atoms with Gasteiger partial charge in [0.25, 0.3) is 0 Å². The van der Waals surface area contributed by atoms with Crippen LogP contribution in [0.1, 0.15) is 42.9 Å². The number of halogens is 3. The Balaban J connectivity index is 3.05. The molecule has 4 nitrogen and oxygen atoms in total. The van der Waals surface area contributed by atoms with Crippen LogP contribution in [0.3, 0.4) is 0 Å². The van der Waals surface area contributed by atoms with E-state index in [0.29, 0.717) is 5.69 Å². The zero-order valence-electron chi connectivity index (χ0n) is 10.4. The van der Waals surface area contributed by atoms with Crippen LogP contribution in [-0.4, -0.2) is 28.5 Å². The Hall–Kier alpha value is -1.53. The third-order valence-electron chi connectivity index (χ3n) is 2.22. The molecule has 0 atom stereocenters. The lowest BCUT2D eigenvalue weighted by Crippen LogP contribution is -2.21. The molecule has 0 radical (unpaired) electrons. The average Bonchev–Trinajstić information content (AvgIpc) is 2.59. The number of carbonyl (C=O) groups is 1. The van der Waals surface area contributed by atoms with Gasteiger partial charge in [-0.1, -0.05) is 13.8 Å². The predicted octanol–water partition coefficient (Wildman–Crippen LogP) is 2.75. The molecule has 1 heterocycles. The Morgan fingerprint density at radius 1 is 1.50 bits per heavy atom. The standard InChI is InChI=1S/C11H15F3N2O2/c1-4-18-10(17)8-5-9(7(2)3)16(15-8)6-11(12,13)14/h5,7H,4,6H2,1-3H3. The largest absolute Gasteiger partial charge is 0.461 e. The zero-order valence-corrected chi connectivity index (χ0v) is 10.4. The average molecular weight is 264 g/mol. The van der Waals surface area contributed by atoms with E-state index in [9.17, 15) is 18.0 Å². The third kappa shape index (κ3) is 3.75. The monoisotopic (exact) mass is 264 g/mol. The molecule has 0 aliphatic carbocycles. The molecule has 7 heteroatoms. The molecule has 18 heavy (non-hydrogen) atoms. The number of alkyl halides is 3. The van der Waals surface area contributed by atoms with Gasteiger partial charge in [0, 0.05) is 5.69 Å². The first-order valence-corrected chi connectivity index (χ1v) is 5.56. The Morgan fingerprint density at radius 2 is 2.11 bits per heavy atom. The molecule has 0 spiro atoms. The SMILES string of the molecule is CCOC(=O)c1cc(C(C)C)n(CC(F)(F)F)n1. The van der Waals surface area contributed by atoms with Gasteiger partial charge in [-0.3, -0.25) is 4.68 Å². The minimum absolute atomic E-state index is 0.0928. The van der Waals surface area contributed by atoms with Gasteiger partial charge in [0.15, 0.2) is 5.69 Å². The van der Waals surface area contributed by atoms with E-state index in [2.05, 4.69) is 5.10 Å². The van der Waals surface area contributed by atoms with E-state index in [-0.39, 0.29) is 18.2 Å². The van der Waals surface area contributed by atoms with Crippen LogP contribution >= 0.6 is 0 Å². The Morgan fingerprint density at radius 3 is 2.56 bits per heavy atom. The molecule has 1 aromatic heterocycles. The topological polar surface area (TPSA) is 44.1 Å². The van der Waals surface area contributed by atoms with Crippen molar-refractivity contribution in [3.8, 4) is 0 Å². The van der Waals surface area contributed by atoms with Crippen LogP contribution in [0.4, 0.5) is 13.2 Å². The fraction of sp³-hybridized carbons (Fsp3) is 0.636. The normalized spacial score (nSPS) is 11.9. The lowest BCUT2D eigenvalue weighted by atomic mass is 10.1. The molecule has 0 aliphatic heterocycles. The zero-order chi connectivity index (χ0) is 13.9.